The number of aliphatic hydroxyl groups excluding tert-OH is 1. The van der Waals surface area contributed by atoms with Crippen LogP contribution >= 0.6 is 0 Å². The van der Waals surface area contributed by atoms with Crippen LogP contribution in [0.15, 0.2) is 18.2 Å². The van der Waals surface area contributed by atoms with E-state index in [1.807, 2.05) is 0 Å². The molecule has 0 spiro atoms. The van der Waals surface area contributed by atoms with Crippen molar-refractivity contribution < 1.29 is 19.3 Å². The van der Waals surface area contributed by atoms with Crippen LogP contribution in [0.2, 0.25) is 0 Å². The average molecular weight is 251 g/mol. The molecule has 1 aromatic rings. The summed E-state index contributed by atoms with van der Waals surface area (Å²) in [5.41, 5.74) is 0.587. The number of rotatable bonds is 6. The lowest BCUT2D eigenvalue weighted by Crippen LogP contribution is -2.23. The maximum atomic E-state index is 9.90. The third-order valence-corrected chi connectivity index (χ3v) is 2.63. The van der Waals surface area contributed by atoms with Crippen molar-refractivity contribution in [2.24, 2.45) is 0 Å². The molecular formula is C13H17NO4. The summed E-state index contributed by atoms with van der Waals surface area (Å²) < 4.78 is 15.3. The van der Waals surface area contributed by atoms with Crippen molar-refractivity contribution in [3.63, 3.8) is 0 Å². The van der Waals surface area contributed by atoms with Crippen molar-refractivity contribution in [3.8, 4) is 17.6 Å². The van der Waals surface area contributed by atoms with E-state index in [2.05, 4.69) is 6.07 Å². The van der Waals surface area contributed by atoms with Gasteiger partial charge >= 0.3 is 0 Å². The van der Waals surface area contributed by atoms with Crippen LogP contribution in [0.4, 0.5) is 0 Å². The highest BCUT2D eigenvalue weighted by Crippen LogP contribution is 2.36. The smallest absolute Gasteiger partial charge is 0.165 e. The first kappa shape index (κ1) is 14.3. The molecule has 0 radical (unpaired) electrons. The summed E-state index contributed by atoms with van der Waals surface area (Å²) in [7, 11) is 4.49. The van der Waals surface area contributed by atoms with Crippen molar-refractivity contribution in [2.75, 3.05) is 27.9 Å². The normalized spacial score (nSPS) is 13.5. The van der Waals surface area contributed by atoms with E-state index in [9.17, 15) is 10.4 Å². The Bertz CT molecular complexity index is 427. The maximum absolute atomic E-state index is 9.90. The zero-order valence-corrected chi connectivity index (χ0v) is 10.7. The summed E-state index contributed by atoms with van der Waals surface area (Å²) in [6, 6.07) is 7.28. The summed E-state index contributed by atoms with van der Waals surface area (Å²) in [5, 5.41) is 19.1. The second-order valence-corrected chi connectivity index (χ2v) is 3.71. The van der Waals surface area contributed by atoms with Gasteiger partial charge in [-0.25, -0.2) is 0 Å². The van der Waals surface area contributed by atoms with Crippen LogP contribution in [0.25, 0.3) is 0 Å². The molecule has 2 atom stereocenters. The molecule has 0 fully saturated rings. The van der Waals surface area contributed by atoms with Crippen LogP contribution in [0, 0.1) is 11.3 Å². The topological polar surface area (TPSA) is 71.7 Å². The van der Waals surface area contributed by atoms with E-state index in [1.54, 1.807) is 18.2 Å². The van der Waals surface area contributed by atoms with Crippen molar-refractivity contribution in [3.05, 3.63) is 23.8 Å². The minimum atomic E-state index is -0.916. The third-order valence-electron chi connectivity index (χ3n) is 2.63. The lowest BCUT2D eigenvalue weighted by atomic mass is 9.94. The summed E-state index contributed by atoms with van der Waals surface area (Å²) in [6.45, 7) is 0.0819. The number of ether oxygens (including phenoxy) is 3. The largest absolute Gasteiger partial charge is 0.493 e. The highest BCUT2D eigenvalue weighted by atomic mass is 16.5. The molecule has 0 aromatic heterocycles. The van der Waals surface area contributed by atoms with Gasteiger partial charge in [0.2, 0.25) is 0 Å². The molecule has 1 N–H and O–H groups in total. The van der Waals surface area contributed by atoms with Gasteiger partial charge in [-0.1, -0.05) is 12.1 Å². The fraction of sp³-hybridized carbons (Fsp3) is 0.462. The Hall–Kier alpha value is -1.77. The molecule has 0 saturated heterocycles. The van der Waals surface area contributed by atoms with Gasteiger partial charge in [-0.3, -0.25) is 0 Å². The van der Waals surface area contributed by atoms with Gasteiger partial charge in [-0.05, 0) is 6.07 Å². The van der Waals surface area contributed by atoms with Gasteiger partial charge in [-0.2, -0.15) is 5.26 Å². The van der Waals surface area contributed by atoms with Gasteiger partial charge in [0.1, 0.15) is 5.92 Å². The first-order chi connectivity index (χ1) is 8.69. The Labute approximate surface area is 107 Å². The Morgan fingerprint density at radius 1 is 1.28 bits per heavy atom. The monoisotopic (exact) mass is 251 g/mol. The van der Waals surface area contributed by atoms with E-state index >= 15 is 0 Å². The van der Waals surface area contributed by atoms with E-state index in [-0.39, 0.29) is 6.61 Å². The number of aliphatic hydroxyl groups is 1. The van der Waals surface area contributed by atoms with Gasteiger partial charge < -0.3 is 19.3 Å². The minimum absolute atomic E-state index is 0.0819. The molecule has 1 rings (SSSR count). The van der Waals surface area contributed by atoms with E-state index in [0.29, 0.717) is 17.1 Å². The van der Waals surface area contributed by atoms with Gasteiger partial charge in [0, 0.05) is 12.7 Å². The highest BCUT2D eigenvalue weighted by Gasteiger charge is 2.25. The Morgan fingerprint density at radius 3 is 2.50 bits per heavy atom. The van der Waals surface area contributed by atoms with Crippen LogP contribution in [-0.2, 0) is 4.74 Å². The molecule has 2 unspecified atom stereocenters. The van der Waals surface area contributed by atoms with Gasteiger partial charge in [0.25, 0.3) is 0 Å². The lowest BCUT2D eigenvalue weighted by Gasteiger charge is -2.19. The number of nitriles is 1. The van der Waals surface area contributed by atoms with Crippen molar-refractivity contribution >= 4 is 0 Å². The molecule has 0 aliphatic heterocycles. The number of benzene rings is 1. The second kappa shape index (κ2) is 6.84. The lowest BCUT2D eigenvalue weighted by molar-refractivity contribution is 0.0566. The Balaban J connectivity index is 3.17. The van der Waals surface area contributed by atoms with Gasteiger partial charge in [-0.15, -0.1) is 0 Å². The second-order valence-electron chi connectivity index (χ2n) is 3.71. The predicted octanol–water partition coefficient (Wildman–Crippen LogP) is 1.32. The molecule has 5 nitrogen and oxygen atoms in total. The fourth-order valence-corrected chi connectivity index (χ4v) is 1.79. The SMILES string of the molecule is COCC(O)C(C#N)c1cccc(OC)c1OC. The standard InChI is InChI=1S/C13H17NO4/c1-16-8-11(15)10(7-14)9-5-4-6-12(17-2)13(9)18-3/h4-6,10-11,15H,8H2,1-3H3. The fourth-order valence-electron chi connectivity index (χ4n) is 1.79. The molecule has 18 heavy (non-hydrogen) atoms. The van der Waals surface area contributed by atoms with E-state index < -0.39 is 12.0 Å². The molecule has 98 valence electrons. The first-order valence-corrected chi connectivity index (χ1v) is 5.47. The third kappa shape index (κ3) is 2.92. The minimum Gasteiger partial charge on any atom is -0.493 e. The van der Waals surface area contributed by atoms with Gasteiger partial charge in [0.05, 0.1) is 33.0 Å². The molecule has 0 amide bonds. The summed E-state index contributed by atoms with van der Waals surface area (Å²) in [6.07, 6.45) is -0.916. The van der Waals surface area contributed by atoms with E-state index in [1.165, 1.54) is 21.3 Å². The van der Waals surface area contributed by atoms with Crippen molar-refractivity contribution in [1.82, 2.24) is 0 Å². The Kier molecular flexibility index (Phi) is 5.43. The molecule has 0 saturated carbocycles. The van der Waals surface area contributed by atoms with Crippen molar-refractivity contribution in [1.29, 1.82) is 5.26 Å². The molecule has 0 aliphatic carbocycles. The molecule has 0 bridgehead atoms. The van der Waals surface area contributed by atoms with Crippen LogP contribution in [0.1, 0.15) is 11.5 Å². The number of hydrogen-bond donors (Lipinski definition) is 1. The number of nitrogens with zero attached hydrogens (tertiary/aromatic N) is 1. The number of hydrogen-bond acceptors (Lipinski definition) is 5. The summed E-state index contributed by atoms with van der Waals surface area (Å²) >= 11 is 0. The number of methoxy groups -OCH3 is 3. The van der Waals surface area contributed by atoms with Crippen LogP contribution < -0.4 is 9.47 Å². The predicted molar refractivity (Wildman–Crippen MR) is 65.8 cm³/mol. The van der Waals surface area contributed by atoms with Gasteiger partial charge in [0.15, 0.2) is 11.5 Å². The van der Waals surface area contributed by atoms with Crippen LogP contribution in [0.3, 0.4) is 0 Å². The summed E-state index contributed by atoms with van der Waals surface area (Å²) in [4.78, 5) is 0. The molecule has 5 heteroatoms. The maximum Gasteiger partial charge on any atom is 0.165 e. The molecular weight excluding hydrogens is 234 g/mol. The first-order valence-electron chi connectivity index (χ1n) is 5.47. The average Bonchev–Trinajstić information content (AvgIpc) is 2.39. The summed E-state index contributed by atoms with van der Waals surface area (Å²) in [5.74, 6) is 0.261. The molecule has 1 aromatic carbocycles. The van der Waals surface area contributed by atoms with E-state index in [4.69, 9.17) is 14.2 Å². The quantitative estimate of drug-likeness (QED) is 0.825. The number of para-hydroxylation sites is 1. The van der Waals surface area contributed by atoms with E-state index in [0.717, 1.165) is 0 Å². The highest BCUT2D eigenvalue weighted by molar-refractivity contribution is 5.50. The zero-order chi connectivity index (χ0) is 13.5. The molecule has 0 heterocycles. The van der Waals surface area contributed by atoms with Crippen LogP contribution in [0.5, 0.6) is 11.5 Å². The van der Waals surface area contributed by atoms with Crippen molar-refractivity contribution in [2.45, 2.75) is 12.0 Å². The molecule has 0 aliphatic rings. The van der Waals surface area contributed by atoms with Crippen LogP contribution in [-0.4, -0.2) is 39.1 Å². The Morgan fingerprint density at radius 2 is 2.00 bits per heavy atom. The zero-order valence-electron chi connectivity index (χ0n) is 10.7.